The predicted molar refractivity (Wildman–Crippen MR) is 104 cm³/mol. The van der Waals surface area contributed by atoms with E-state index in [4.69, 9.17) is 9.47 Å². The molecule has 6 heteroatoms. The van der Waals surface area contributed by atoms with E-state index >= 15 is 0 Å². The summed E-state index contributed by atoms with van der Waals surface area (Å²) in [4.78, 5) is 0. The van der Waals surface area contributed by atoms with Crippen molar-refractivity contribution in [2.24, 2.45) is 0 Å². The van der Waals surface area contributed by atoms with Crippen LogP contribution < -0.4 is 9.47 Å². The highest BCUT2D eigenvalue weighted by Gasteiger charge is 2.16. The van der Waals surface area contributed by atoms with Gasteiger partial charge in [0.2, 0.25) is 11.6 Å². The predicted octanol–water partition coefficient (Wildman–Crippen LogP) is 6.53. The van der Waals surface area contributed by atoms with Crippen LogP contribution in [0.15, 0.2) is 55.1 Å². The summed E-state index contributed by atoms with van der Waals surface area (Å²) >= 11 is 0. The van der Waals surface area contributed by atoms with E-state index < -0.39 is 23.3 Å². The zero-order valence-corrected chi connectivity index (χ0v) is 15.6. The fourth-order valence-corrected chi connectivity index (χ4v) is 2.78. The van der Waals surface area contributed by atoms with Crippen LogP contribution in [0.1, 0.15) is 18.1 Å². The molecule has 0 aromatic heterocycles. The molecule has 0 fully saturated rings. The first-order valence-electron chi connectivity index (χ1n) is 8.89. The van der Waals surface area contributed by atoms with E-state index in [0.717, 1.165) is 0 Å². The number of hydrogen-bond acceptors (Lipinski definition) is 2. The molecule has 0 atom stereocenters. The maximum absolute atomic E-state index is 14.3. The Hall–Kier alpha value is -3.28. The van der Waals surface area contributed by atoms with Crippen LogP contribution in [0.5, 0.6) is 11.5 Å². The first-order chi connectivity index (χ1) is 14.0. The monoisotopic (exact) mass is 402 g/mol. The lowest BCUT2D eigenvalue weighted by atomic mass is 10.0. The topological polar surface area (TPSA) is 18.5 Å². The second-order valence-corrected chi connectivity index (χ2v) is 6.14. The molecule has 0 aliphatic heterocycles. The Morgan fingerprint density at radius 1 is 0.759 bits per heavy atom. The summed E-state index contributed by atoms with van der Waals surface area (Å²) in [6.45, 7) is 5.29. The van der Waals surface area contributed by atoms with Crippen LogP contribution in [-0.4, -0.2) is 6.61 Å². The number of rotatable bonds is 7. The molecule has 2 nitrogen and oxygen atoms in total. The highest BCUT2D eigenvalue weighted by Crippen LogP contribution is 2.30. The van der Waals surface area contributed by atoms with E-state index in [-0.39, 0.29) is 35.8 Å². The molecule has 0 aliphatic rings. The van der Waals surface area contributed by atoms with Gasteiger partial charge in [-0.05, 0) is 42.3 Å². The van der Waals surface area contributed by atoms with Gasteiger partial charge in [0.25, 0.3) is 0 Å². The summed E-state index contributed by atoms with van der Waals surface area (Å²) in [7, 11) is 0. The minimum absolute atomic E-state index is 0.0236. The zero-order valence-electron chi connectivity index (χ0n) is 15.6. The summed E-state index contributed by atoms with van der Waals surface area (Å²) < 4.78 is 66.5. The summed E-state index contributed by atoms with van der Waals surface area (Å²) in [5.74, 6) is -4.53. The van der Waals surface area contributed by atoms with Crippen LogP contribution in [0.3, 0.4) is 0 Å². The molecule has 0 bridgehead atoms. The second kappa shape index (κ2) is 8.82. The Bertz CT molecular complexity index is 1030. The lowest BCUT2D eigenvalue weighted by Gasteiger charge is -2.11. The third-order valence-electron chi connectivity index (χ3n) is 4.30. The fraction of sp³-hybridized carbons (Fsp3) is 0.130. The van der Waals surface area contributed by atoms with Gasteiger partial charge in [-0.15, -0.1) is 0 Å². The average molecular weight is 402 g/mol. The van der Waals surface area contributed by atoms with E-state index in [2.05, 4.69) is 6.58 Å². The minimum atomic E-state index is -1.09. The molecule has 0 spiro atoms. The Balaban J connectivity index is 1.75. The van der Waals surface area contributed by atoms with Crippen molar-refractivity contribution < 1.29 is 27.0 Å². The average Bonchev–Trinajstić information content (AvgIpc) is 2.73. The summed E-state index contributed by atoms with van der Waals surface area (Å²) in [5.41, 5.74) is 1.24. The Morgan fingerprint density at radius 2 is 1.38 bits per heavy atom. The van der Waals surface area contributed by atoms with Crippen LogP contribution in [0.2, 0.25) is 0 Å². The zero-order chi connectivity index (χ0) is 21.0. The normalized spacial score (nSPS) is 10.7. The lowest BCUT2D eigenvalue weighted by molar-refractivity contribution is 0.284. The van der Waals surface area contributed by atoms with Crippen molar-refractivity contribution in [2.45, 2.75) is 13.5 Å². The van der Waals surface area contributed by atoms with Crippen molar-refractivity contribution in [3.05, 3.63) is 89.5 Å². The standard InChI is InChI=1S/C23H18F4O2/c1-3-15-9-11-19(22(26)20(15)24)29-13-14-5-7-16(8-6-14)17-10-12-18(28-4-2)23(27)21(17)25/h3,5-12H,1,4,13H2,2H3. The van der Waals surface area contributed by atoms with Crippen molar-refractivity contribution in [3.8, 4) is 22.6 Å². The minimum Gasteiger partial charge on any atom is -0.491 e. The molecular weight excluding hydrogens is 384 g/mol. The van der Waals surface area contributed by atoms with Gasteiger partial charge in [-0.3, -0.25) is 0 Å². The van der Waals surface area contributed by atoms with Crippen LogP contribution in [0, 0.1) is 23.3 Å². The molecule has 0 amide bonds. The van der Waals surface area contributed by atoms with Crippen LogP contribution in [-0.2, 0) is 6.61 Å². The molecule has 0 heterocycles. The number of hydrogen-bond donors (Lipinski definition) is 0. The Morgan fingerprint density at radius 3 is 2.03 bits per heavy atom. The van der Waals surface area contributed by atoms with Gasteiger partial charge < -0.3 is 9.47 Å². The fourth-order valence-electron chi connectivity index (χ4n) is 2.78. The van der Waals surface area contributed by atoms with Gasteiger partial charge in [0.1, 0.15) is 6.61 Å². The molecule has 29 heavy (non-hydrogen) atoms. The van der Waals surface area contributed by atoms with Gasteiger partial charge in [0.15, 0.2) is 23.1 Å². The van der Waals surface area contributed by atoms with Gasteiger partial charge >= 0.3 is 0 Å². The largest absolute Gasteiger partial charge is 0.491 e. The smallest absolute Gasteiger partial charge is 0.201 e. The van der Waals surface area contributed by atoms with E-state index in [1.165, 1.54) is 30.3 Å². The first kappa shape index (κ1) is 20.5. The molecule has 0 saturated carbocycles. The number of ether oxygens (including phenoxy) is 2. The van der Waals surface area contributed by atoms with Gasteiger partial charge in [-0.25, -0.2) is 8.78 Å². The quantitative estimate of drug-likeness (QED) is 0.418. The lowest BCUT2D eigenvalue weighted by Crippen LogP contribution is -2.00. The summed E-state index contributed by atoms with van der Waals surface area (Å²) in [5, 5.41) is 0. The molecule has 0 unspecified atom stereocenters. The highest BCUT2D eigenvalue weighted by atomic mass is 19.2. The van der Waals surface area contributed by atoms with Crippen LogP contribution in [0.4, 0.5) is 17.6 Å². The maximum atomic E-state index is 14.3. The van der Waals surface area contributed by atoms with E-state index in [9.17, 15) is 17.6 Å². The third-order valence-corrected chi connectivity index (χ3v) is 4.30. The van der Waals surface area contributed by atoms with Crippen LogP contribution in [0.25, 0.3) is 17.2 Å². The molecule has 0 saturated heterocycles. The first-order valence-corrected chi connectivity index (χ1v) is 8.89. The van der Waals surface area contributed by atoms with Crippen molar-refractivity contribution in [2.75, 3.05) is 6.61 Å². The van der Waals surface area contributed by atoms with Crippen molar-refractivity contribution in [1.29, 1.82) is 0 Å². The molecule has 0 radical (unpaired) electrons. The van der Waals surface area contributed by atoms with E-state index in [1.807, 2.05) is 0 Å². The SMILES string of the molecule is C=Cc1ccc(OCc2ccc(-c3ccc(OCC)c(F)c3F)cc2)c(F)c1F. The van der Waals surface area contributed by atoms with Gasteiger partial charge in [0.05, 0.1) is 6.61 Å². The van der Waals surface area contributed by atoms with Gasteiger partial charge in [-0.1, -0.05) is 36.9 Å². The van der Waals surface area contributed by atoms with Crippen molar-refractivity contribution in [3.63, 3.8) is 0 Å². The number of halogens is 4. The molecule has 3 aromatic carbocycles. The Kier molecular flexibility index (Phi) is 6.22. The van der Waals surface area contributed by atoms with E-state index in [1.54, 1.807) is 31.2 Å². The maximum Gasteiger partial charge on any atom is 0.201 e. The van der Waals surface area contributed by atoms with Gasteiger partial charge in [0, 0.05) is 11.1 Å². The number of benzene rings is 3. The summed E-state index contributed by atoms with van der Waals surface area (Å²) in [6.07, 6.45) is 1.21. The molecule has 3 rings (SSSR count). The molecule has 150 valence electrons. The van der Waals surface area contributed by atoms with Gasteiger partial charge in [-0.2, -0.15) is 8.78 Å². The van der Waals surface area contributed by atoms with Crippen LogP contribution >= 0.6 is 0 Å². The molecular formula is C23H18F4O2. The highest BCUT2D eigenvalue weighted by molar-refractivity contribution is 5.65. The molecule has 3 aromatic rings. The second-order valence-electron chi connectivity index (χ2n) is 6.14. The van der Waals surface area contributed by atoms with Crippen molar-refractivity contribution >= 4 is 6.08 Å². The molecule has 0 N–H and O–H groups in total. The van der Waals surface area contributed by atoms with E-state index in [0.29, 0.717) is 11.1 Å². The van der Waals surface area contributed by atoms with Crippen molar-refractivity contribution in [1.82, 2.24) is 0 Å². The Labute approximate surface area is 166 Å². The third kappa shape index (κ3) is 4.26. The summed E-state index contributed by atoms with van der Waals surface area (Å²) in [6, 6.07) is 12.0. The molecule has 0 aliphatic carbocycles.